The lowest BCUT2D eigenvalue weighted by Gasteiger charge is -2.10. The molecule has 0 saturated carbocycles. The maximum atomic E-state index is 12.6. The van der Waals surface area contributed by atoms with Crippen molar-refractivity contribution in [1.82, 2.24) is 9.88 Å². The average Bonchev–Trinajstić information content (AvgIpc) is 3.21. The van der Waals surface area contributed by atoms with Crippen LogP contribution in [0, 0.1) is 20.8 Å². The molecule has 3 aromatic rings. The Balaban J connectivity index is 1.65. The maximum Gasteiger partial charge on any atom is 0.264 e. The normalized spacial score (nSPS) is 16.2. The van der Waals surface area contributed by atoms with Gasteiger partial charge >= 0.3 is 0 Å². The molecule has 2 heterocycles. The molecule has 4 rings (SSSR count). The highest BCUT2D eigenvalue weighted by atomic mass is 35.5. The number of aryl methyl sites for hydroxylation is 2. The zero-order chi connectivity index (χ0) is 22.1. The number of halogens is 1. The fourth-order valence-corrected chi connectivity index (χ4v) is 4.50. The number of methoxy groups -OCH3 is 1. The van der Waals surface area contributed by atoms with Crippen molar-refractivity contribution in [3.05, 3.63) is 81.0 Å². The van der Waals surface area contributed by atoms with Gasteiger partial charge in [-0.05, 0) is 80.6 Å². The van der Waals surface area contributed by atoms with Crippen LogP contribution < -0.4 is 10.1 Å². The molecule has 31 heavy (non-hydrogen) atoms. The van der Waals surface area contributed by atoms with Crippen LogP contribution in [0.1, 0.15) is 22.5 Å². The van der Waals surface area contributed by atoms with Crippen LogP contribution in [-0.2, 0) is 4.79 Å². The van der Waals surface area contributed by atoms with E-state index in [-0.39, 0.29) is 5.91 Å². The first-order valence-corrected chi connectivity index (χ1v) is 10.9. The van der Waals surface area contributed by atoms with Gasteiger partial charge in [-0.15, -0.1) is 0 Å². The number of amidine groups is 1. The third-order valence-corrected chi connectivity index (χ3v) is 6.21. The van der Waals surface area contributed by atoms with Gasteiger partial charge in [-0.1, -0.05) is 29.3 Å². The van der Waals surface area contributed by atoms with Crippen LogP contribution in [-0.4, -0.2) is 22.8 Å². The smallest absolute Gasteiger partial charge is 0.264 e. The van der Waals surface area contributed by atoms with Crippen molar-refractivity contribution in [3.63, 3.8) is 0 Å². The molecule has 1 aromatic heterocycles. The Hall–Kier alpha value is -2.96. The number of carbonyl (C=O) groups is 1. The minimum atomic E-state index is -0.176. The number of ether oxygens (including phenoxy) is 1. The van der Waals surface area contributed by atoms with Crippen LogP contribution in [0.3, 0.4) is 0 Å². The van der Waals surface area contributed by atoms with E-state index in [4.69, 9.17) is 16.3 Å². The Morgan fingerprint density at radius 2 is 1.84 bits per heavy atom. The minimum absolute atomic E-state index is 0.176. The second kappa shape index (κ2) is 8.65. The summed E-state index contributed by atoms with van der Waals surface area (Å²) in [5, 5.41) is 3.86. The van der Waals surface area contributed by atoms with Gasteiger partial charge in [-0.2, -0.15) is 0 Å². The highest BCUT2D eigenvalue weighted by molar-refractivity contribution is 8.18. The largest absolute Gasteiger partial charge is 0.494 e. The van der Waals surface area contributed by atoms with E-state index in [9.17, 15) is 4.79 Å². The summed E-state index contributed by atoms with van der Waals surface area (Å²) in [5.74, 6) is 0.413. The van der Waals surface area contributed by atoms with Gasteiger partial charge in [0.2, 0.25) is 0 Å². The van der Waals surface area contributed by atoms with Crippen molar-refractivity contribution in [2.45, 2.75) is 20.8 Å². The number of hydrogen-bond donors (Lipinski definition) is 1. The molecule has 1 saturated heterocycles. The Labute approximate surface area is 190 Å². The van der Waals surface area contributed by atoms with E-state index in [1.807, 2.05) is 6.08 Å². The molecule has 1 aliphatic heterocycles. The predicted octanol–water partition coefficient (Wildman–Crippen LogP) is 5.96. The van der Waals surface area contributed by atoms with Crippen molar-refractivity contribution in [2.75, 3.05) is 7.11 Å². The zero-order valence-corrected chi connectivity index (χ0v) is 19.3. The predicted molar refractivity (Wildman–Crippen MR) is 129 cm³/mol. The lowest BCUT2D eigenvalue weighted by molar-refractivity contribution is -0.115. The number of aromatic nitrogens is 1. The number of nitrogens with one attached hydrogen (secondary N) is 1. The third kappa shape index (κ3) is 4.40. The first kappa shape index (κ1) is 21.3. The van der Waals surface area contributed by atoms with Gasteiger partial charge in [-0.25, -0.2) is 4.99 Å². The second-order valence-electron chi connectivity index (χ2n) is 7.30. The maximum absolute atomic E-state index is 12.6. The summed E-state index contributed by atoms with van der Waals surface area (Å²) in [6, 6.07) is 15.7. The summed E-state index contributed by atoms with van der Waals surface area (Å²) >= 11 is 7.38. The molecule has 0 aliphatic carbocycles. The van der Waals surface area contributed by atoms with Gasteiger partial charge < -0.3 is 14.6 Å². The molecule has 2 aromatic carbocycles. The highest BCUT2D eigenvalue weighted by Gasteiger charge is 2.25. The number of rotatable bonds is 4. The number of hydrogen-bond acceptors (Lipinski definition) is 4. The fourth-order valence-electron chi connectivity index (χ4n) is 3.51. The van der Waals surface area contributed by atoms with E-state index in [1.165, 1.54) is 17.3 Å². The van der Waals surface area contributed by atoms with Crippen LogP contribution in [0.15, 0.2) is 58.4 Å². The van der Waals surface area contributed by atoms with Gasteiger partial charge in [-0.3, -0.25) is 4.79 Å². The van der Waals surface area contributed by atoms with E-state index in [2.05, 4.69) is 66.0 Å². The molecule has 1 aliphatic rings. The van der Waals surface area contributed by atoms with Gasteiger partial charge in [0.25, 0.3) is 5.91 Å². The Bertz CT molecular complexity index is 1230. The lowest BCUT2D eigenvalue weighted by atomic mass is 10.2. The van der Waals surface area contributed by atoms with Crippen LogP contribution in [0.4, 0.5) is 5.69 Å². The lowest BCUT2D eigenvalue weighted by Crippen LogP contribution is -2.19. The van der Waals surface area contributed by atoms with Gasteiger partial charge in [0.15, 0.2) is 5.17 Å². The number of thioether (sulfide) groups is 1. The first-order valence-electron chi connectivity index (χ1n) is 9.75. The summed E-state index contributed by atoms with van der Waals surface area (Å²) in [6.45, 7) is 6.20. The van der Waals surface area contributed by atoms with E-state index in [1.54, 1.807) is 25.3 Å². The number of amides is 1. The van der Waals surface area contributed by atoms with Crippen molar-refractivity contribution in [3.8, 4) is 11.4 Å². The monoisotopic (exact) mass is 451 g/mol. The number of aliphatic imine (C=N–C) groups is 1. The minimum Gasteiger partial charge on any atom is -0.494 e. The van der Waals surface area contributed by atoms with E-state index >= 15 is 0 Å². The summed E-state index contributed by atoms with van der Waals surface area (Å²) in [5.41, 5.74) is 6.06. The standard InChI is InChI=1S/C24H22ClN3O2S/c1-14-5-8-19(9-6-14)28-15(2)11-17(16(28)3)12-22-23(29)27-24(31-22)26-20-13-18(25)7-10-21(20)30-4/h5-13H,1-4H3,(H,26,27,29)/b22-12-. The Kier molecular flexibility index (Phi) is 5.94. The van der Waals surface area contributed by atoms with Crippen LogP contribution in [0.2, 0.25) is 5.02 Å². The molecule has 5 nitrogen and oxygen atoms in total. The molecule has 0 spiro atoms. The number of benzene rings is 2. The van der Waals surface area contributed by atoms with Crippen LogP contribution in [0.5, 0.6) is 5.75 Å². The summed E-state index contributed by atoms with van der Waals surface area (Å²) in [6.07, 6.45) is 1.91. The van der Waals surface area contributed by atoms with Gasteiger partial charge in [0.1, 0.15) is 11.4 Å². The topological polar surface area (TPSA) is 55.6 Å². The average molecular weight is 452 g/mol. The van der Waals surface area contributed by atoms with Gasteiger partial charge in [0.05, 0.1) is 12.0 Å². The van der Waals surface area contributed by atoms with E-state index in [0.29, 0.717) is 26.5 Å². The highest BCUT2D eigenvalue weighted by Crippen LogP contribution is 2.34. The first-order chi connectivity index (χ1) is 14.9. The van der Waals surface area contributed by atoms with Crippen LogP contribution >= 0.6 is 23.4 Å². The number of nitrogens with zero attached hydrogens (tertiary/aromatic N) is 2. The molecule has 1 amide bonds. The molecule has 1 fully saturated rings. The SMILES string of the molecule is COc1ccc(Cl)cc1N=C1NC(=O)/C(=C/c2cc(C)n(-c3ccc(C)cc3)c2C)S1. The number of carbonyl (C=O) groups excluding carboxylic acids is 1. The molecular weight excluding hydrogens is 430 g/mol. The summed E-state index contributed by atoms with van der Waals surface area (Å²) in [7, 11) is 1.57. The molecule has 7 heteroatoms. The summed E-state index contributed by atoms with van der Waals surface area (Å²) in [4.78, 5) is 17.7. The molecule has 158 valence electrons. The zero-order valence-electron chi connectivity index (χ0n) is 17.7. The molecular formula is C24H22ClN3O2S. The van der Waals surface area contributed by atoms with Crippen molar-refractivity contribution in [2.24, 2.45) is 4.99 Å². The summed E-state index contributed by atoms with van der Waals surface area (Å²) < 4.78 is 7.53. The van der Waals surface area contributed by atoms with Crippen molar-refractivity contribution >= 4 is 46.2 Å². The molecule has 1 N–H and O–H groups in total. The van der Waals surface area contributed by atoms with Crippen molar-refractivity contribution in [1.29, 1.82) is 0 Å². The molecule has 0 radical (unpaired) electrons. The van der Waals surface area contributed by atoms with E-state index in [0.717, 1.165) is 22.6 Å². The quantitative estimate of drug-likeness (QED) is 0.498. The molecule has 0 atom stereocenters. The second-order valence-corrected chi connectivity index (χ2v) is 8.76. The Morgan fingerprint density at radius 3 is 2.55 bits per heavy atom. The Morgan fingerprint density at radius 1 is 1.10 bits per heavy atom. The molecule has 0 unspecified atom stereocenters. The van der Waals surface area contributed by atoms with Crippen LogP contribution in [0.25, 0.3) is 11.8 Å². The third-order valence-electron chi connectivity index (χ3n) is 5.06. The molecule has 0 bridgehead atoms. The van der Waals surface area contributed by atoms with E-state index < -0.39 is 0 Å². The van der Waals surface area contributed by atoms with Crippen molar-refractivity contribution < 1.29 is 9.53 Å². The van der Waals surface area contributed by atoms with Gasteiger partial charge in [0, 0.05) is 22.1 Å². The fraction of sp³-hybridized carbons (Fsp3) is 0.167.